The van der Waals surface area contributed by atoms with Gasteiger partial charge in [0.2, 0.25) is 0 Å². The summed E-state index contributed by atoms with van der Waals surface area (Å²) >= 11 is 0. The van der Waals surface area contributed by atoms with E-state index in [-0.39, 0.29) is 18.8 Å². The number of nitrogens with one attached hydrogen (secondary N) is 2. The Labute approximate surface area is 221 Å². The summed E-state index contributed by atoms with van der Waals surface area (Å²) in [6.07, 6.45) is 3.34. The van der Waals surface area contributed by atoms with Crippen molar-refractivity contribution in [1.29, 1.82) is 0 Å². The molecule has 4 aromatic rings. The van der Waals surface area contributed by atoms with Gasteiger partial charge in [-0.1, -0.05) is 13.3 Å². The fourth-order valence-corrected chi connectivity index (χ4v) is 3.98. The van der Waals surface area contributed by atoms with E-state index in [1.807, 2.05) is 68.9 Å². The maximum Gasteiger partial charge on any atom is 0.407 e. The second-order valence-electron chi connectivity index (χ2n) is 9.99. The Morgan fingerprint density at radius 3 is 2.66 bits per heavy atom. The molecule has 0 radical (unpaired) electrons. The van der Waals surface area contributed by atoms with Gasteiger partial charge in [-0.05, 0) is 63.6 Å². The van der Waals surface area contributed by atoms with Crippen molar-refractivity contribution in [2.75, 3.05) is 19.8 Å². The zero-order valence-corrected chi connectivity index (χ0v) is 22.5. The lowest BCUT2D eigenvalue weighted by atomic mass is 10.1. The van der Waals surface area contributed by atoms with Gasteiger partial charge in [0.1, 0.15) is 23.7 Å². The molecule has 0 fully saturated rings. The Bertz CT molecular complexity index is 1460. The second-order valence-corrected chi connectivity index (χ2v) is 9.99. The number of ether oxygens (including phenoxy) is 3. The minimum absolute atomic E-state index is 0.247. The van der Waals surface area contributed by atoms with E-state index in [1.165, 1.54) is 0 Å². The summed E-state index contributed by atoms with van der Waals surface area (Å²) in [5, 5.41) is 10.6. The SMILES string of the molecule is CCCCOc1cc(OCCNC(=O)OC(C)(C)C)ccc1-c1n[nH]c(=O)n1-c1ccc2c(ccn2C)c1. The third-order valence-electron chi connectivity index (χ3n) is 5.79. The van der Waals surface area contributed by atoms with Crippen LogP contribution in [0.4, 0.5) is 4.79 Å². The Hall–Kier alpha value is -4.21. The lowest BCUT2D eigenvalue weighted by molar-refractivity contribution is 0.0520. The van der Waals surface area contributed by atoms with E-state index < -0.39 is 11.7 Å². The van der Waals surface area contributed by atoms with Gasteiger partial charge in [0.25, 0.3) is 0 Å². The molecule has 2 N–H and O–H groups in total. The lowest BCUT2D eigenvalue weighted by Gasteiger charge is -2.19. The molecule has 0 aliphatic heterocycles. The van der Waals surface area contributed by atoms with Crippen LogP contribution in [-0.2, 0) is 11.8 Å². The van der Waals surface area contributed by atoms with Crippen molar-refractivity contribution in [3.8, 4) is 28.6 Å². The minimum atomic E-state index is -0.564. The van der Waals surface area contributed by atoms with Gasteiger partial charge >= 0.3 is 11.8 Å². The van der Waals surface area contributed by atoms with Crippen LogP contribution in [0, 0.1) is 0 Å². The lowest BCUT2D eigenvalue weighted by Crippen LogP contribution is -2.34. The number of carbonyl (C=O) groups excluding carboxylic acids is 1. The zero-order valence-electron chi connectivity index (χ0n) is 22.5. The van der Waals surface area contributed by atoms with E-state index in [4.69, 9.17) is 14.2 Å². The number of aromatic nitrogens is 4. The number of fused-ring (bicyclic) bond motifs is 1. The zero-order chi connectivity index (χ0) is 27.3. The van der Waals surface area contributed by atoms with Gasteiger partial charge in [0, 0.05) is 30.2 Å². The number of aromatic amines is 1. The second kappa shape index (κ2) is 11.5. The molecule has 0 aliphatic carbocycles. The van der Waals surface area contributed by atoms with Gasteiger partial charge in [0.15, 0.2) is 5.82 Å². The maximum absolute atomic E-state index is 12.8. The van der Waals surface area contributed by atoms with Crippen LogP contribution in [0.25, 0.3) is 28.0 Å². The fourth-order valence-electron chi connectivity index (χ4n) is 3.98. The summed E-state index contributed by atoms with van der Waals surface area (Å²) in [6.45, 7) is 8.56. The summed E-state index contributed by atoms with van der Waals surface area (Å²) in [5.41, 5.74) is 1.52. The van der Waals surface area contributed by atoms with Crippen molar-refractivity contribution in [3.63, 3.8) is 0 Å². The molecular formula is C28H35N5O5. The van der Waals surface area contributed by atoms with E-state index in [9.17, 15) is 9.59 Å². The number of unbranched alkanes of at least 4 members (excludes halogenated alkanes) is 1. The monoisotopic (exact) mass is 521 g/mol. The van der Waals surface area contributed by atoms with E-state index in [1.54, 1.807) is 16.7 Å². The van der Waals surface area contributed by atoms with Crippen LogP contribution in [0.5, 0.6) is 11.5 Å². The van der Waals surface area contributed by atoms with Crippen molar-refractivity contribution in [2.24, 2.45) is 7.05 Å². The summed E-state index contributed by atoms with van der Waals surface area (Å²) in [6, 6.07) is 13.2. The molecule has 2 heterocycles. The summed E-state index contributed by atoms with van der Waals surface area (Å²) in [4.78, 5) is 24.7. The Morgan fingerprint density at radius 1 is 1.08 bits per heavy atom. The summed E-state index contributed by atoms with van der Waals surface area (Å²) < 4.78 is 20.8. The van der Waals surface area contributed by atoms with Crippen LogP contribution in [0.3, 0.4) is 0 Å². The average Bonchev–Trinajstić information content (AvgIpc) is 3.43. The van der Waals surface area contributed by atoms with Gasteiger partial charge in [-0.15, -0.1) is 0 Å². The van der Waals surface area contributed by atoms with Gasteiger partial charge in [-0.2, -0.15) is 5.10 Å². The fraction of sp³-hybridized carbons (Fsp3) is 0.393. The van der Waals surface area contributed by atoms with Gasteiger partial charge in [-0.3, -0.25) is 0 Å². The number of amides is 1. The average molecular weight is 522 g/mol. The highest BCUT2D eigenvalue weighted by Crippen LogP contribution is 2.33. The number of carbonyl (C=O) groups is 1. The molecule has 0 atom stereocenters. The number of benzene rings is 2. The van der Waals surface area contributed by atoms with Gasteiger partial charge < -0.3 is 24.1 Å². The normalized spacial score (nSPS) is 11.5. The first-order chi connectivity index (χ1) is 18.2. The smallest absolute Gasteiger partial charge is 0.407 e. The van der Waals surface area contributed by atoms with E-state index in [2.05, 4.69) is 22.4 Å². The molecule has 10 nitrogen and oxygen atoms in total. The molecule has 10 heteroatoms. The van der Waals surface area contributed by atoms with E-state index in [0.29, 0.717) is 35.2 Å². The number of aryl methyl sites for hydroxylation is 1. The number of hydrogen-bond donors (Lipinski definition) is 2. The van der Waals surface area contributed by atoms with Crippen molar-refractivity contribution in [3.05, 3.63) is 59.1 Å². The minimum Gasteiger partial charge on any atom is -0.493 e. The quantitative estimate of drug-likeness (QED) is 0.290. The third-order valence-corrected chi connectivity index (χ3v) is 5.79. The van der Waals surface area contributed by atoms with Crippen LogP contribution in [0.15, 0.2) is 53.5 Å². The number of hydrogen-bond acceptors (Lipinski definition) is 6. The molecule has 0 aliphatic rings. The first kappa shape index (κ1) is 26.8. The van der Waals surface area contributed by atoms with E-state index in [0.717, 1.165) is 23.7 Å². The van der Waals surface area contributed by atoms with Crippen LogP contribution in [-0.4, -0.2) is 50.8 Å². The molecule has 0 saturated heterocycles. The van der Waals surface area contributed by atoms with Crippen molar-refractivity contribution in [1.82, 2.24) is 24.6 Å². The molecule has 1 amide bonds. The van der Waals surface area contributed by atoms with E-state index >= 15 is 0 Å². The largest absolute Gasteiger partial charge is 0.493 e. The molecule has 0 bridgehead atoms. The molecule has 0 unspecified atom stereocenters. The van der Waals surface area contributed by atoms with Gasteiger partial charge in [0.05, 0.1) is 24.4 Å². The molecule has 0 saturated carbocycles. The van der Waals surface area contributed by atoms with Crippen LogP contribution in [0.2, 0.25) is 0 Å². The Morgan fingerprint density at radius 2 is 1.89 bits per heavy atom. The first-order valence-corrected chi connectivity index (χ1v) is 12.8. The standard InChI is InChI=1S/C28H35N5O5/c1-6-7-15-37-24-18-21(36-16-13-29-27(35)38-28(2,3)4)9-10-22(24)25-30-31-26(34)33(25)20-8-11-23-19(17-20)12-14-32(23)5/h8-12,14,17-18H,6-7,13,15-16H2,1-5H3,(H,29,35)(H,31,34). The highest BCUT2D eigenvalue weighted by atomic mass is 16.6. The van der Waals surface area contributed by atoms with Gasteiger partial charge in [-0.25, -0.2) is 19.3 Å². The molecule has 2 aromatic heterocycles. The number of rotatable bonds is 10. The van der Waals surface area contributed by atoms with Crippen LogP contribution in [0.1, 0.15) is 40.5 Å². The molecule has 2 aromatic carbocycles. The van der Waals surface area contributed by atoms with Crippen molar-refractivity contribution in [2.45, 2.75) is 46.1 Å². The third kappa shape index (κ3) is 6.37. The summed E-state index contributed by atoms with van der Waals surface area (Å²) in [7, 11) is 1.98. The number of H-pyrrole nitrogens is 1. The topological polar surface area (TPSA) is 112 Å². The molecule has 38 heavy (non-hydrogen) atoms. The Kier molecular flexibility index (Phi) is 8.09. The highest BCUT2D eigenvalue weighted by molar-refractivity contribution is 5.82. The molecular weight excluding hydrogens is 486 g/mol. The van der Waals surface area contributed by atoms with Crippen LogP contribution >= 0.6 is 0 Å². The van der Waals surface area contributed by atoms with Crippen molar-refractivity contribution < 1.29 is 19.0 Å². The predicted molar refractivity (Wildman–Crippen MR) is 146 cm³/mol. The summed E-state index contributed by atoms with van der Waals surface area (Å²) in [5.74, 6) is 1.56. The number of nitrogens with zero attached hydrogens (tertiary/aromatic N) is 3. The first-order valence-electron chi connectivity index (χ1n) is 12.8. The molecule has 0 spiro atoms. The Balaban J connectivity index is 1.57. The van der Waals surface area contributed by atoms with Crippen molar-refractivity contribution >= 4 is 17.0 Å². The predicted octanol–water partition coefficient (Wildman–Crippen LogP) is 4.80. The molecule has 202 valence electrons. The number of alkyl carbamates (subject to hydrolysis) is 1. The highest BCUT2D eigenvalue weighted by Gasteiger charge is 2.19. The maximum atomic E-state index is 12.8. The van der Waals surface area contributed by atoms with Crippen LogP contribution < -0.4 is 20.5 Å². The molecule has 4 rings (SSSR count).